The quantitative estimate of drug-likeness (QED) is 0.796. The number of amides is 1. The SMILES string of the molecule is CC(C)N1CCN(C(=O)C[C@@H](c2ccccc2)c2ccc3c(c2)OCO3)CC1. The van der Waals surface area contributed by atoms with Gasteiger partial charge in [-0.15, -0.1) is 0 Å². The summed E-state index contributed by atoms with van der Waals surface area (Å²) in [6, 6.07) is 16.8. The van der Waals surface area contributed by atoms with Crippen LogP contribution < -0.4 is 9.47 Å². The predicted molar refractivity (Wildman–Crippen MR) is 109 cm³/mol. The molecular weight excluding hydrogens is 352 g/mol. The molecule has 0 N–H and O–H groups in total. The number of rotatable bonds is 5. The molecule has 5 heteroatoms. The van der Waals surface area contributed by atoms with Gasteiger partial charge in [-0.3, -0.25) is 9.69 Å². The van der Waals surface area contributed by atoms with Gasteiger partial charge in [0.1, 0.15) is 0 Å². The molecule has 0 aromatic heterocycles. The second kappa shape index (κ2) is 8.23. The van der Waals surface area contributed by atoms with E-state index in [0.29, 0.717) is 12.5 Å². The minimum absolute atomic E-state index is 0.00586. The Balaban J connectivity index is 1.53. The van der Waals surface area contributed by atoms with Crippen molar-refractivity contribution in [1.29, 1.82) is 0 Å². The van der Waals surface area contributed by atoms with Crippen LogP contribution in [0, 0.1) is 0 Å². The zero-order chi connectivity index (χ0) is 19.5. The van der Waals surface area contributed by atoms with Crippen molar-refractivity contribution in [1.82, 2.24) is 9.80 Å². The monoisotopic (exact) mass is 380 g/mol. The molecule has 0 spiro atoms. The highest BCUT2D eigenvalue weighted by Gasteiger charge is 2.27. The Kier molecular flexibility index (Phi) is 5.53. The summed E-state index contributed by atoms with van der Waals surface area (Å²) in [5.41, 5.74) is 2.24. The molecule has 1 fully saturated rings. The maximum atomic E-state index is 13.1. The lowest BCUT2D eigenvalue weighted by Gasteiger charge is -2.37. The van der Waals surface area contributed by atoms with Gasteiger partial charge in [0.15, 0.2) is 11.5 Å². The zero-order valence-electron chi connectivity index (χ0n) is 16.6. The molecular formula is C23H28N2O3. The van der Waals surface area contributed by atoms with Crippen molar-refractivity contribution in [3.05, 3.63) is 59.7 Å². The van der Waals surface area contributed by atoms with Crippen LogP contribution in [0.25, 0.3) is 0 Å². The third-order valence-corrected chi connectivity index (χ3v) is 5.78. The fraction of sp³-hybridized carbons (Fsp3) is 0.435. The number of fused-ring (bicyclic) bond motifs is 1. The Hall–Kier alpha value is -2.53. The summed E-state index contributed by atoms with van der Waals surface area (Å²) in [5.74, 6) is 1.75. The van der Waals surface area contributed by atoms with E-state index in [9.17, 15) is 4.79 Å². The lowest BCUT2D eigenvalue weighted by molar-refractivity contribution is -0.133. The number of piperazine rings is 1. The zero-order valence-corrected chi connectivity index (χ0v) is 16.6. The summed E-state index contributed by atoms with van der Waals surface area (Å²) in [6.45, 7) is 8.19. The van der Waals surface area contributed by atoms with Crippen molar-refractivity contribution in [3.63, 3.8) is 0 Å². The van der Waals surface area contributed by atoms with Crippen molar-refractivity contribution >= 4 is 5.91 Å². The molecule has 0 radical (unpaired) electrons. The lowest BCUT2D eigenvalue weighted by Crippen LogP contribution is -2.50. The summed E-state index contributed by atoms with van der Waals surface area (Å²) in [7, 11) is 0. The Morgan fingerprint density at radius 1 is 0.929 bits per heavy atom. The number of carbonyl (C=O) groups is 1. The third kappa shape index (κ3) is 3.99. The molecule has 4 rings (SSSR count). The van der Waals surface area contributed by atoms with Crippen molar-refractivity contribution in [2.45, 2.75) is 32.2 Å². The van der Waals surface area contributed by atoms with Crippen molar-refractivity contribution < 1.29 is 14.3 Å². The molecule has 148 valence electrons. The molecule has 2 aliphatic rings. The highest BCUT2D eigenvalue weighted by Crippen LogP contribution is 2.37. The fourth-order valence-corrected chi connectivity index (χ4v) is 4.03. The number of carbonyl (C=O) groups excluding carboxylic acids is 1. The molecule has 28 heavy (non-hydrogen) atoms. The molecule has 0 saturated carbocycles. The van der Waals surface area contributed by atoms with Crippen LogP contribution in [0.5, 0.6) is 11.5 Å². The van der Waals surface area contributed by atoms with Gasteiger partial charge in [-0.25, -0.2) is 0 Å². The van der Waals surface area contributed by atoms with Gasteiger partial charge in [0.2, 0.25) is 12.7 Å². The first kappa shape index (κ1) is 18.8. The molecule has 0 unspecified atom stereocenters. The van der Waals surface area contributed by atoms with E-state index in [1.165, 1.54) is 0 Å². The van der Waals surface area contributed by atoms with E-state index in [1.807, 2.05) is 35.2 Å². The van der Waals surface area contributed by atoms with Gasteiger partial charge in [0.25, 0.3) is 0 Å². The molecule has 1 atom stereocenters. The summed E-state index contributed by atoms with van der Waals surface area (Å²) in [4.78, 5) is 17.6. The van der Waals surface area contributed by atoms with Gasteiger partial charge in [-0.05, 0) is 37.1 Å². The Bertz CT molecular complexity index is 814. The molecule has 2 aromatic carbocycles. The second-order valence-electron chi connectivity index (χ2n) is 7.79. The van der Waals surface area contributed by atoms with E-state index < -0.39 is 0 Å². The van der Waals surface area contributed by atoms with Crippen molar-refractivity contribution in [2.24, 2.45) is 0 Å². The van der Waals surface area contributed by atoms with Gasteiger partial charge in [-0.1, -0.05) is 36.4 Å². The minimum Gasteiger partial charge on any atom is -0.454 e. The first-order valence-corrected chi connectivity index (χ1v) is 10.1. The van der Waals surface area contributed by atoms with E-state index in [1.54, 1.807) is 0 Å². The molecule has 0 aliphatic carbocycles. The first-order valence-electron chi connectivity index (χ1n) is 10.1. The van der Waals surface area contributed by atoms with Crippen molar-refractivity contribution in [2.75, 3.05) is 33.0 Å². The maximum absolute atomic E-state index is 13.1. The maximum Gasteiger partial charge on any atom is 0.231 e. The molecule has 5 nitrogen and oxygen atoms in total. The van der Waals surface area contributed by atoms with Crippen LogP contribution in [0.4, 0.5) is 0 Å². The van der Waals surface area contributed by atoms with Crippen LogP contribution in [0.1, 0.15) is 37.3 Å². The summed E-state index contributed by atoms with van der Waals surface area (Å²) in [5, 5.41) is 0. The van der Waals surface area contributed by atoms with E-state index in [4.69, 9.17) is 9.47 Å². The Morgan fingerprint density at radius 3 is 2.36 bits per heavy atom. The third-order valence-electron chi connectivity index (χ3n) is 5.78. The van der Waals surface area contributed by atoms with E-state index in [0.717, 1.165) is 48.8 Å². The molecule has 0 bridgehead atoms. The van der Waals surface area contributed by atoms with E-state index in [2.05, 4.69) is 36.9 Å². The molecule has 1 amide bonds. The van der Waals surface area contributed by atoms with Crippen LogP contribution in [0.2, 0.25) is 0 Å². The highest BCUT2D eigenvalue weighted by atomic mass is 16.7. The molecule has 2 heterocycles. The number of benzene rings is 2. The van der Waals surface area contributed by atoms with Crippen LogP contribution in [-0.4, -0.2) is 54.7 Å². The van der Waals surface area contributed by atoms with Gasteiger partial charge in [-0.2, -0.15) is 0 Å². The van der Waals surface area contributed by atoms with E-state index >= 15 is 0 Å². The number of hydrogen-bond donors (Lipinski definition) is 0. The lowest BCUT2D eigenvalue weighted by atomic mass is 9.87. The predicted octanol–water partition coefficient (Wildman–Crippen LogP) is 3.49. The molecule has 2 aromatic rings. The summed E-state index contributed by atoms with van der Waals surface area (Å²) in [6.07, 6.45) is 0.464. The van der Waals surface area contributed by atoms with Gasteiger partial charge in [0.05, 0.1) is 0 Å². The van der Waals surface area contributed by atoms with Gasteiger partial charge in [0, 0.05) is 44.6 Å². The van der Waals surface area contributed by atoms with Crippen LogP contribution in [0.3, 0.4) is 0 Å². The smallest absolute Gasteiger partial charge is 0.231 e. The largest absolute Gasteiger partial charge is 0.454 e. The highest BCUT2D eigenvalue weighted by molar-refractivity contribution is 5.78. The topological polar surface area (TPSA) is 42.0 Å². The van der Waals surface area contributed by atoms with E-state index in [-0.39, 0.29) is 18.6 Å². The molecule has 1 saturated heterocycles. The van der Waals surface area contributed by atoms with Crippen LogP contribution in [-0.2, 0) is 4.79 Å². The van der Waals surface area contributed by atoms with Crippen molar-refractivity contribution in [3.8, 4) is 11.5 Å². The minimum atomic E-state index is 0.00586. The first-order chi connectivity index (χ1) is 13.6. The summed E-state index contributed by atoms with van der Waals surface area (Å²) >= 11 is 0. The fourth-order valence-electron chi connectivity index (χ4n) is 4.03. The Morgan fingerprint density at radius 2 is 1.64 bits per heavy atom. The van der Waals surface area contributed by atoms with Crippen LogP contribution >= 0.6 is 0 Å². The number of nitrogens with zero attached hydrogens (tertiary/aromatic N) is 2. The van der Waals surface area contributed by atoms with Crippen LogP contribution in [0.15, 0.2) is 48.5 Å². The molecule has 2 aliphatic heterocycles. The second-order valence-corrected chi connectivity index (χ2v) is 7.79. The van der Waals surface area contributed by atoms with Gasteiger partial charge >= 0.3 is 0 Å². The normalized spacial score (nSPS) is 17.8. The van der Waals surface area contributed by atoms with Gasteiger partial charge < -0.3 is 14.4 Å². The number of ether oxygens (including phenoxy) is 2. The summed E-state index contributed by atoms with van der Waals surface area (Å²) < 4.78 is 11.0. The average Bonchev–Trinajstić information content (AvgIpc) is 3.20. The number of hydrogen-bond acceptors (Lipinski definition) is 4. The standard InChI is InChI=1S/C23H28N2O3/c1-17(2)24-10-12-25(13-11-24)23(26)15-20(18-6-4-3-5-7-18)19-8-9-21-22(14-19)28-16-27-21/h3-9,14,17,20H,10-13,15-16H2,1-2H3/t20-/m0/s1. The Labute approximate surface area is 166 Å². The average molecular weight is 380 g/mol.